The van der Waals surface area contributed by atoms with Crippen LogP contribution in [0.15, 0.2) is 4.99 Å². The van der Waals surface area contributed by atoms with Crippen molar-refractivity contribution in [3.8, 4) is 0 Å². The number of rotatable bonds is 12. The second-order valence-electron chi connectivity index (χ2n) is 6.38. The number of carbonyl (C=O) groups excluding carboxylic acids is 1. The van der Waals surface area contributed by atoms with Gasteiger partial charge in [0.25, 0.3) is 0 Å². The van der Waals surface area contributed by atoms with Gasteiger partial charge in [-0.15, -0.1) is 0 Å². The number of ketones is 1. The molecule has 0 aromatic carbocycles. The molecule has 18 nitrogen and oxygen atoms in total. The molecule has 0 heterocycles. The predicted molar refractivity (Wildman–Crippen MR) is 121 cm³/mol. The molecule has 0 rings (SSSR count). The lowest BCUT2D eigenvalue weighted by atomic mass is 10.2. The Morgan fingerprint density at radius 2 is 1.09 bits per heavy atom. The molecule has 0 aromatic heterocycles. The first-order chi connectivity index (χ1) is 15.9. The lowest BCUT2D eigenvalue weighted by molar-refractivity contribution is -0.144. The molecular formula is C17H35N7O11. The van der Waals surface area contributed by atoms with Gasteiger partial charge in [0, 0.05) is 13.0 Å². The van der Waals surface area contributed by atoms with Gasteiger partial charge in [-0.1, -0.05) is 0 Å². The zero-order valence-electron chi connectivity index (χ0n) is 19.1. The van der Waals surface area contributed by atoms with Crippen LogP contribution in [0.4, 0.5) is 0 Å². The standard InChI is InChI=1S/C6H14N4O2.C5H9NO3.C4H7NO4.C2H5NO2/c7-4(5(11)12)2-1-3-10-6(8)9;1-3(7)2-4(6)5(8)9;5-2(4(8)9)1-3(6)7;3-1-2(4)5/h4H,1-3,7H2,(H,11,12)(H4,8,9,10);4H,2,6H2,1H3,(H,8,9);2H,1,5H2,(H,6,7)(H,8,9);1,3H2,(H,4,5)/t4-;;2-;/m0.0./s1. The average molecular weight is 514 g/mol. The molecule has 0 spiro atoms. The monoisotopic (exact) mass is 513 g/mol. The molecule has 0 aromatic rings. The zero-order valence-corrected chi connectivity index (χ0v) is 19.1. The Labute approximate surface area is 199 Å². The summed E-state index contributed by atoms with van der Waals surface area (Å²) in [6.45, 7) is 1.45. The van der Waals surface area contributed by atoms with Gasteiger partial charge in [0.2, 0.25) is 0 Å². The number of aliphatic imine (C=N–C) groups is 1. The van der Waals surface area contributed by atoms with Gasteiger partial charge >= 0.3 is 29.8 Å². The Bertz CT molecular complexity index is 680. The molecule has 0 fully saturated rings. The van der Waals surface area contributed by atoms with Crippen molar-refractivity contribution < 1.29 is 54.3 Å². The molecule has 0 saturated carbocycles. The number of carboxylic acids is 5. The fraction of sp³-hybridized carbons (Fsp3) is 0.588. The molecule has 0 aliphatic heterocycles. The maximum absolute atomic E-state index is 10.2. The summed E-state index contributed by atoms with van der Waals surface area (Å²) in [7, 11) is 0. The first kappa shape index (κ1) is 38.4. The number of carbonyl (C=O) groups is 6. The molecular weight excluding hydrogens is 478 g/mol. The van der Waals surface area contributed by atoms with E-state index in [9.17, 15) is 28.8 Å². The van der Waals surface area contributed by atoms with E-state index in [1.54, 1.807) is 0 Å². The summed E-state index contributed by atoms with van der Waals surface area (Å²) in [5.41, 5.74) is 29.7. The van der Waals surface area contributed by atoms with Crippen molar-refractivity contribution in [3.63, 3.8) is 0 Å². The van der Waals surface area contributed by atoms with Crippen molar-refractivity contribution in [2.75, 3.05) is 13.1 Å². The minimum absolute atomic E-state index is 0.0129. The van der Waals surface area contributed by atoms with Crippen molar-refractivity contribution in [3.05, 3.63) is 0 Å². The Kier molecular flexibility index (Phi) is 25.6. The van der Waals surface area contributed by atoms with Crippen LogP contribution in [-0.2, 0) is 28.8 Å². The Morgan fingerprint density at radius 3 is 1.29 bits per heavy atom. The first-order valence-electron chi connectivity index (χ1n) is 9.52. The van der Waals surface area contributed by atoms with Crippen LogP contribution in [0.5, 0.6) is 0 Å². The number of carboxylic acid groups (broad SMARTS) is 5. The molecule has 204 valence electrons. The summed E-state index contributed by atoms with van der Waals surface area (Å²) in [4.78, 5) is 62.9. The second kappa shape index (κ2) is 23.3. The van der Waals surface area contributed by atoms with E-state index in [1.807, 2.05) is 0 Å². The van der Waals surface area contributed by atoms with Crippen LogP contribution < -0.4 is 34.4 Å². The maximum atomic E-state index is 10.2. The fourth-order valence-electron chi connectivity index (χ4n) is 1.32. The maximum Gasteiger partial charge on any atom is 0.321 e. The minimum atomic E-state index is -1.29. The van der Waals surface area contributed by atoms with E-state index in [0.29, 0.717) is 19.4 Å². The van der Waals surface area contributed by atoms with Gasteiger partial charge in [0.05, 0.1) is 13.0 Å². The van der Waals surface area contributed by atoms with E-state index in [4.69, 9.17) is 54.2 Å². The Hall–Kier alpha value is -3.87. The number of Topliss-reactive ketones (excluding diaryl/α,β-unsaturated/α-hetero) is 1. The summed E-state index contributed by atoms with van der Waals surface area (Å²) in [5, 5.41) is 40.2. The molecule has 3 atom stereocenters. The third kappa shape index (κ3) is 37.8. The highest BCUT2D eigenvalue weighted by molar-refractivity contribution is 5.84. The van der Waals surface area contributed by atoms with Gasteiger partial charge < -0.3 is 59.9 Å². The van der Waals surface area contributed by atoms with Crippen molar-refractivity contribution in [1.29, 1.82) is 0 Å². The number of hydrogen-bond donors (Lipinski definition) is 11. The largest absolute Gasteiger partial charge is 0.481 e. The van der Waals surface area contributed by atoms with Gasteiger partial charge in [0.1, 0.15) is 23.9 Å². The smallest absolute Gasteiger partial charge is 0.321 e. The summed E-state index contributed by atoms with van der Waals surface area (Å²) >= 11 is 0. The molecule has 0 amide bonds. The van der Waals surface area contributed by atoms with E-state index in [2.05, 4.69) is 10.7 Å². The average Bonchev–Trinajstić information content (AvgIpc) is 2.71. The number of nitrogens with two attached hydrogens (primary N) is 6. The van der Waals surface area contributed by atoms with E-state index in [1.165, 1.54) is 6.92 Å². The van der Waals surface area contributed by atoms with E-state index in [0.717, 1.165) is 0 Å². The van der Waals surface area contributed by atoms with Crippen LogP contribution in [0.25, 0.3) is 0 Å². The third-order valence-corrected chi connectivity index (χ3v) is 3.00. The van der Waals surface area contributed by atoms with Gasteiger partial charge in [-0.2, -0.15) is 0 Å². The summed E-state index contributed by atoms with van der Waals surface area (Å²) in [6, 6.07) is -3.15. The van der Waals surface area contributed by atoms with Crippen molar-refractivity contribution in [2.24, 2.45) is 39.4 Å². The van der Waals surface area contributed by atoms with Crippen LogP contribution in [0, 0.1) is 0 Å². The highest BCUT2D eigenvalue weighted by Gasteiger charge is 2.14. The molecule has 0 aliphatic carbocycles. The summed E-state index contributed by atoms with van der Waals surface area (Å²) in [5.74, 6) is -5.79. The van der Waals surface area contributed by atoms with Crippen LogP contribution in [0.1, 0.15) is 32.6 Å². The lowest BCUT2D eigenvalue weighted by Gasteiger charge is -2.03. The van der Waals surface area contributed by atoms with E-state index >= 15 is 0 Å². The van der Waals surface area contributed by atoms with Crippen molar-refractivity contribution >= 4 is 41.6 Å². The molecule has 0 saturated heterocycles. The molecule has 1 unspecified atom stereocenters. The predicted octanol–water partition coefficient (Wildman–Crippen LogP) is -4.27. The molecule has 35 heavy (non-hydrogen) atoms. The summed E-state index contributed by atoms with van der Waals surface area (Å²) < 4.78 is 0. The molecule has 0 bridgehead atoms. The van der Waals surface area contributed by atoms with Crippen molar-refractivity contribution in [1.82, 2.24) is 0 Å². The number of guanidine groups is 1. The topological polar surface area (TPSA) is 372 Å². The molecule has 17 N–H and O–H groups in total. The van der Waals surface area contributed by atoms with Crippen LogP contribution >= 0.6 is 0 Å². The highest BCUT2D eigenvalue weighted by atomic mass is 16.4. The van der Waals surface area contributed by atoms with Crippen LogP contribution in [0.3, 0.4) is 0 Å². The first-order valence-corrected chi connectivity index (χ1v) is 9.52. The quantitative estimate of drug-likeness (QED) is 0.0667. The van der Waals surface area contributed by atoms with E-state index in [-0.39, 0.29) is 24.7 Å². The Morgan fingerprint density at radius 1 is 0.714 bits per heavy atom. The van der Waals surface area contributed by atoms with Gasteiger partial charge in [-0.05, 0) is 19.8 Å². The Balaban J connectivity index is -0.000000190. The molecule has 0 aliphatic rings. The second-order valence-corrected chi connectivity index (χ2v) is 6.38. The number of aliphatic carboxylic acids is 5. The highest BCUT2D eigenvalue weighted by Crippen LogP contribution is 1.94. The fourth-order valence-corrected chi connectivity index (χ4v) is 1.32. The van der Waals surface area contributed by atoms with Gasteiger partial charge in [-0.3, -0.25) is 33.8 Å². The van der Waals surface area contributed by atoms with Gasteiger partial charge in [0.15, 0.2) is 5.96 Å². The molecule has 0 radical (unpaired) electrons. The SMILES string of the molecule is CC(=O)CC(N)C(=O)O.NC(N)=NCCC[C@H](N)C(=O)O.NCC(=O)O.N[C@@H](CC(=O)O)C(=O)O. The number of nitrogens with zero attached hydrogens (tertiary/aromatic N) is 1. The third-order valence-electron chi connectivity index (χ3n) is 3.00. The van der Waals surface area contributed by atoms with Crippen LogP contribution in [0.2, 0.25) is 0 Å². The molecule has 18 heteroatoms. The van der Waals surface area contributed by atoms with Gasteiger partial charge in [-0.25, -0.2) is 0 Å². The lowest BCUT2D eigenvalue weighted by Crippen LogP contribution is -2.32. The zero-order chi connectivity index (χ0) is 28.7. The normalized spacial score (nSPS) is 11.7. The van der Waals surface area contributed by atoms with Crippen molar-refractivity contribution in [2.45, 2.75) is 50.7 Å². The van der Waals surface area contributed by atoms with E-state index < -0.39 is 54.4 Å². The van der Waals surface area contributed by atoms with Crippen LogP contribution in [-0.4, -0.2) is 98.3 Å². The summed E-state index contributed by atoms with van der Waals surface area (Å²) in [6.07, 6.45) is 0.335. The minimum Gasteiger partial charge on any atom is -0.481 e. The number of hydrogen-bond acceptors (Lipinski definition) is 11.